The maximum atomic E-state index is 10.9. The number of aliphatic hydroxyl groups excluding tert-OH is 2. The maximum Gasteiger partial charge on any atom is 0.471 e. The predicted octanol–water partition coefficient (Wildman–Crippen LogP) is 4.14. The van der Waals surface area contributed by atoms with E-state index in [1.54, 1.807) is 0 Å². The Morgan fingerprint density at radius 1 is 0.929 bits per heavy atom. The van der Waals surface area contributed by atoms with Crippen LogP contribution in [0.1, 0.15) is 96.8 Å². The van der Waals surface area contributed by atoms with Gasteiger partial charge in [0, 0.05) is 0 Å². The average molecular weight is 424 g/mol. The molecule has 0 radical (unpaired) electrons. The molecule has 28 heavy (non-hydrogen) atoms. The van der Waals surface area contributed by atoms with Crippen molar-refractivity contribution < 1.29 is 29.1 Å². The van der Waals surface area contributed by atoms with E-state index in [1.165, 1.54) is 57.8 Å². The summed E-state index contributed by atoms with van der Waals surface area (Å²) in [5, 5.41) is 20.0. The van der Waals surface area contributed by atoms with Gasteiger partial charge in [-0.2, -0.15) is 0 Å². The van der Waals surface area contributed by atoms with E-state index in [2.05, 4.69) is 18.0 Å². The summed E-state index contributed by atoms with van der Waals surface area (Å²) in [6, 6.07) is 0. The lowest BCUT2D eigenvalue weighted by molar-refractivity contribution is -0.109. The third-order valence-electron chi connectivity index (χ3n) is 5.18. The van der Waals surface area contributed by atoms with Crippen LogP contribution < -0.4 is 5.73 Å². The van der Waals surface area contributed by atoms with E-state index in [1.807, 2.05) is 0 Å². The Bertz CT molecular complexity index is 444. The Labute approximate surface area is 170 Å². The SMILES string of the molecule is C=C[C@@](N)(C(O)OP(=O)(O)O)[C@H](O)CCCCCCCCCCCCCCC. The van der Waals surface area contributed by atoms with Crippen LogP contribution in [0.25, 0.3) is 0 Å². The summed E-state index contributed by atoms with van der Waals surface area (Å²) < 4.78 is 15.1. The number of nitrogens with two attached hydrogens (primary N) is 1. The second-order valence-corrected chi connectivity index (χ2v) is 8.89. The van der Waals surface area contributed by atoms with E-state index in [0.717, 1.165) is 25.3 Å². The molecule has 8 heteroatoms. The number of hydrogen-bond acceptors (Lipinski definition) is 5. The molecule has 6 N–H and O–H groups in total. The van der Waals surface area contributed by atoms with Crippen LogP contribution in [0.4, 0.5) is 0 Å². The van der Waals surface area contributed by atoms with Gasteiger partial charge in [0.2, 0.25) is 0 Å². The highest BCUT2D eigenvalue weighted by Gasteiger charge is 2.41. The zero-order valence-electron chi connectivity index (χ0n) is 17.5. The molecular weight excluding hydrogens is 381 g/mol. The molecule has 168 valence electrons. The summed E-state index contributed by atoms with van der Waals surface area (Å²) in [5.41, 5.74) is 4.02. The topological polar surface area (TPSA) is 133 Å². The largest absolute Gasteiger partial charge is 0.471 e. The van der Waals surface area contributed by atoms with Crippen LogP contribution in [0.3, 0.4) is 0 Å². The van der Waals surface area contributed by atoms with Crippen molar-refractivity contribution in [1.82, 2.24) is 0 Å². The van der Waals surface area contributed by atoms with Crippen molar-refractivity contribution >= 4 is 7.82 Å². The molecule has 0 rings (SSSR count). The minimum atomic E-state index is -4.92. The van der Waals surface area contributed by atoms with Gasteiger partial charge in [-0.15, -0.1) is 6.58 Å². The highest BCUT2D eigenvalue weighted by Crippen LogP contribution is 2.39. The van der Waals surface area contributed by atoms with E-state index in [0.29, 0.717) is 12.8 Å². The summed E-state index contributed by atoms with van der Waals surface area (Å²) in [7, 11) is -4.92. The third kappa shape index (κ3) is 13.0. The highest BCUT2D eigenvalue weighted by atomic mass is 31.2. The summed E-state index contributed by atoms with van der Waals surface area (Å²) in [6.45, 7) is 5.67. The number of hydrogen-bond donors (Lipinski definition) is 5. The van der Waals surface area contributed by atoms with Gasteiger partial charge >= 0.3 is 7.82 Å². The standard InChI is InChI=1S/C20H42NO6P/c1-3-5-6-7-8-9-10-11-12-13-14-15-16-17-18(22)20(21,4-2)19(23)27-28(24,25)26/h4,18-19,22-23H,2-3,5-17,21H2,1H3,(H2,24,25,26)/t18-,19?,20+/m1/s1. The molecule has 0 bridgehead atoms. The van der Waals surface area contributed by atoms with Crippen LogP contribution in [0.5, 0.6) is 0 Å². The van der Waals surface area contributed by atoms with Gasteiger partial charge in [-0.05, 0) is 6.42 Å². The first-order valence-corrected chi connectivity index (χ1v) is 12.2. The first kappa shape index (κ1) is 27.7. The average Bonchev–Trinajstić information content (AvgIpc) is 2.63. The number of unbranched alkanes of at least 4 members (excludes halogenated alkanes) is 12. The first-order chi connectivity index (χ1) is 13.2. The summed E-state index contributed by atoms with van der Waals surface area (Å²) in [5.74, 6) is 0. The molecule has 0 aromatic carbocycles. The van der Waals surface area contributed by atoms with Crippen molar-refractivity contribution in [1.29, 1.82) is 0 Å². The van der Waals surface area contributed by atoms with Gasteiger partial charge in [0.1, 0.15) is 5.54 Å². The zero-order valence-corrected chi connectivity index (χ0v) is 18.4. The van der Waals surface area contributed by atoms with Crippen molar-refractivity contribution in [2.75, 3.05) is 0 Å². The molecule has 0 fully saturated rings. The number of phosphoric acid groups is 1. The van der Waals surface area contributed by atoms with Crippen molar-refractivity contribution in [2.45, 2.75) is 115 Å². The molecule has 0 saturated heterocycles. The van der Waals surface area contributed by atoms with Crippen molar-refractivity contribution in [3.05, 3.63) is 12.7 Å². The fourth-order valence-corrected chi connectivity index (χ4v) is 3.67. The molecule has 0 spiro atoms. The molecule has 0 amide bonds. The molecule has 7 nitrogen and oxygen atoms in total. The van der Waals surface area contributed by atoms with E-state index >= 15 is 0 Å². The number of phosphoric ester groups is 1. The zero-order chi connectivity index (χ0) is 21.5. The first-order valence-electron chi connectivity index (χ1n) is 10.7. The smallest absolute Gasteiger partial charge is 0.391 e. The quantitative estimate of drug-likeness (QED) is 0.0912. The molecular formula is C20H42NO6P. The van der Waals surface area contributed by atoms with E-state index < -0.39 is 25.8 Å². The van der Waals surface area contributed by atoms with Crippen LogP contribution in [0.2, 0.25) is 0 Å². The molecule has 0 aromatic heterocycles. The van der Waals surface area contributed by atoms with Gasteiger partial charge < -0.3 is 25.7 Å². The van der Waals surface area contributed by atoms with E-state index in [-0.39, 0.29) is 0 Å². The van der Waals surface area contributed by atoms with Crippen molar-refractivity contribution in [3.8, 4) is 0 Å². The van der Waals surface area contributed by atoms with Crippen molar-refractivity contribution in [3.63, 3.8) is 0 Å². The third-order valence-corrected chi connectivity index (χ3v) is 5.65. The molecule has 0 aliphatic rings. The van der Waals surface area contributed by atoms with Crippen LogP contribution in [-0.4, -0.2) is 37.9 Å². The number of rotatable bonds is 19. The van der Waals surface area contributed by atoms with Gasteiger partial charge in [-0.3, -0.25) is 4.52 Å². The van der Waals surface area contributed by atoms with Crippen molar-refractivity contribution in [2.24, 2.45) is 5.73 Å². The second kappa shape index (κ2) is 15.6. The van der Waals surface area contributed by atoms with E-state index in [9.17, 15) is 14.8 Å². The normalized spacial score (nSPS) is 16.5. The molecule has 1 unspecified atom stereocenters. The highest BCUT2D eigenvalue weighted by molar-refractivity contribution is 7.46. The molecule has 0 aliphatic carbocycles. The Kier molecular flexibility index (Phi) is 15.4. The minimum absolute atomic E-state index is 0.294. The van der Waals surface area contributed by atoms with E-state index in [4.69, 9.17) is 15.5 Å². The monoisotopic (exact) mass is 423 g/mol. The summed E-state index contributed by atoms with van der Waals surface area (Å²) in [4.78, 5) is 17.6. The second-order valence-electron chi connectivity index (χ2n) is 7.70. The van der Waals surface area contributed by atoms with Gasteiger partial charge in [0.25, 0.3) is 0 Å². The summed E-state index contributed by atoms with van der Waals surface area (Å²) in [6.07, 6.45) is 13.8. The fraction of sp³-hybridized carbons (Fsp3) is 0.900. The van der Waals surface area contributed by atoms with Gasteiger partial charge in [-0.1, -0.05) is 96.5 Å². The maximum absolute atomic E-state index is 10.9. The molecule has 0 heterocycles. The Morgan fingerprint density at radius 3 is 1.68 bits per heavy atom. The van der Waals surface area contributed by atoms with Crippen LogP contribution in [0, 0.1) is 0 Å². The Hall–Kier alpha value is -0.270. The Morgan fingerprint density at radius 2 is 1.32 bits per heavy atom. The summed E-state index contributed by atoms with van der Waals surface area (Å²) >= 11 is 0. The lowest BCUT2D eigenvalue weighted by atomic mass is 9.89. The molecule has 3 atom stereocenters. The lowest BCUT2D eigenvalue weighted by Crippen LogP contribution is -2.58. The number of aliphatic hydroxyl groups is 2. The Balaban J connectivity index is 3.81. The van der Waals surface area contributed by atoms with Crippen LogP contribution in [-0.2, 0) is 9.09 Å². The van der Waals surface area contributed by atoms with Crippen LogP contribution in [0.15, 0.2) is 12.7 Å². The molecule has 0 saturated carbocycles. The predicted molar refractivity (Wildman–Crippen MR) is 113 cm³/mol. The molecule has 0 aromatic rings. The van der Waals surface area contributed by atoms with Gasteiger partial charge in [0.05, 0.1) is 6.10 Å². The van der Waals surface area contributed by atoms with Crippen LogP contribution >= 0.6 is 7.82 Å². The fourth-order valence-electron chi connectivity index (χ4n) is 3.23. The van der Waals surface area contributed by atoms with Gasteiger partial charge in [-0.25, -0.2) is 4.57 Å². The van der Waals surface area contributed by atoms with Gasteiger partial charge in [0.15, 0.2) is 6.29 Å². The lowest BCUT2D eigenvalue weighted by Gasteiger charge is -2.35. The molecule has 0 aliphatic heterocycles. The minimum Gasteiger partial charge on any atom is -0.391 e.